The van der Waals surface area contributed by atoms with Gasteiger partial charge in [0.25, 0.3) is 0 Å². The van der Waals surface area contributed by atoms with E-state index in [9.17, 15) is 9.59 Å². The minimum absolute atomic E-state index is 0.0284. The number of hydrogen-bond donors (Lipinski definition) is 2. The first-order valence-electron chi connectivity index (χ1n) is 7.62. The summed E-state index contributed by atoms with van der Waals surface area (Å²) in [4.78, 5) is 27.3. The standard InChI is InChI=1S/C14H26N4O2/c1-11-4-3-5-12(10-11)16-14(20)18-8-6-17(7-9-18)13(19)15-2/h11-12H,3-10H2,1-2H3,(H,15,19)(H,16,20). The quantitative estimate of drug-likeness (QED) is 0.760. The number of urea groups is 2. The topological polar surface area (TPSA) is 64.7 Å². The molecule has 0 aromatic rings. The van der Waals surface area contributed by atoms with Crippen LogP contribution in [0.25, 0.3) is 0 Å². The third-order valence-electron chi connectivity index (χ3n) is 4.33. The summed E-state index contributed by atoms with van der Waals surface area (Å²) in [6.07, 6.45) is 4.66. The number of nitrogens with zero attached hydrogens (tertiary/aromatic N) is 2. The Kier molecular flexibility index (Phi) is 5.09. The molecule has 2 atom stereocenters. The van der Waals surface area contributed by atoms with E-state index < -0.39 is 0 Å². The van der Waals surface area contributed by atoms with Crippen molar-refractivity contribution in [1.29, 1.82) is 0 Å². The summed E-state index contributed by atoms with van der Waals surface area (Å²) in [5.41, 5.74) is 0. The highest BCUT2D eigenvalue weighted by Gasteiger charge is 2.26. The van der Waals surface area contributed by atoms with Crippen LogP contribution in [-0.4, -0.2) is 61.1 Å². The maximum Gasteiger partial charge on any atom is 0.317 e. The third-order valence-corrected chi connectivity index (χ3v) is 4.33. The Morgan fingerprint density at radius 3 is 2.15 bits per heavy atom. The highest BCUT2D eigenvalue weighted by atomic mass is 16.2. The van der Waals surface area contributed by atoms with Crippen molar-refractivity contribution in [3.05, 3.63) is 0 Å². The van der Waals surface area contributed by atoms with E-state index in [2.05, 4.69) is 17.6 Å². The summed E-state index contributed by atoms with van der Waals surface area (Å²) in [6.45, 7) is 4.69. The second-order valence-corrected chi connectivity index (χ2v) is 5.95. The summed E-state index contributed by atoms with van der Waals surface area (Å²) in [5, 5.41) is 5.76. The first-order chi connectivity index (χ1) is 9.60. The Labute approximate surface area is 120 Å². The van der Waals surface area contributed by atoms with Crippen LogP contribution in [0.3, 0.4) is 0 Å². The molecule has 2 unspecified atom stereocenters. The van der Waals surface area contributed by atoms with Crippen molar-refractivity contribution >= 4 is 12.1 Å². The molecule has 1 saturated heterocycles. The fourth-order valence-electron chi connectivity index (χ4n) is 3.10. The van der Waals surface area contributed by atoms with Crippen LogP contribution in [0, 0.1) is 5.92 Å². The van der Waals surface area contributed by atoms with Gasteiger partial charge >= 0.3 is 12.1 Å². The summed E-state index contributed by atoms with van der Waals surface area (Å²) >= 11 is 0. The van der Waals surface area contributed by atoms with Crippen LogP contribution in [0.5, 0.6) is 0 Å². The van der Waals surface area contributed by atoms with Crippen LogP contribution < -0.4 is 10.6 Å². The second kappa shape index (κ2) is 6.81. The van der Waals surface area contributed by atoms with Gasteiger partial charge in [-0.2, -0.15) is 0 Å². The third kappa shape index (κ3) is 3.77. The Morgan fingerprint density at radius 2 is 1.60 bits per heavy atom. The van der Waals surface area contributed by atoms with E-state index in [-0.39, 0.29) is 12.1 Å². The first-order valence-corrected chi connectivity index (χ1v) is 7.62. The molecule has 2 aliphatic rings. The molecule has 6 nitrogen and oxygen atoms in total. The fourth-order valence-corrected chi connectivity index (χ4v) is 3.10. The number of piperazine rings is 1. The average Bonchev–Trinajstić information content (AvgIpc) is 2.46. The predicted molar refractivity (Wildman–Crippen MR) is 77.6 cm³/mol. The lowest BCUT2D eigenvalue weighted by Crippen LogP contribution is -2.56. The van der Waals surface area contributed by atoms with Crippen LogP contribution in [0.1, 0.15) is 32.6 Å². The van der Waals surface area contributed by atoms with E-state index in [1.807, 2.05) is 4.90 Å². The molecule has 20 heavy (non-hydrogen) atoms. The lowest BCUT2D eigenvalue weighted by atomic mass is 9.87. The van der Waals surface area contributed by atoms with Crippen molar-refractivity contribution in [1.82, 2.24) is 20.4 Å². The zero-order chi connectivity index (χ0) is 14.5. The Hall–Kier alpha value is -1.46. The predicted octanol–water partition coefficient (Wildman–Crippen LogP) is 1.23. The molecular weight excluding hydrogens is 256 g/mol. The summed E-state index contributed by atoms with van der Waals surface area (Å²) < 4.78 is 0. The lowest BCUT2D eigenvalue weighted by molar-refractivity contribution is 0.139. The number of carbonyl (C=O) groups is 2. The van der Waals surface area contributed by atoms with E-state index in [1.165, 1.54) is 12.8 Å². The molecule has 114 valence electrons. The molecule has 4 amide bonds. The number of carbonyl (C=O) groups excluding carboxylic acids is 2. The van der Waals surface area contributed by atoms with Crippen LogP contribution in [0.2, 0.25) is 0 Å². The van der Waals surface area contributed by atoms with Gasteiger partial charge in [-0.3, -0.25) is 0 Å². The van der Waals surface area contributed by atoms with Crippen molar-refractivity contribution in [3.8, 4) is 0 Å². The average molecular weight is 282 g/mol. The molecule has 1 heterocycles. The van der Waals surface area contributed by atoms with E-state index in [0.717, 1.165) is 12.8 Å². The maximum absolute atomic E-state index is 12.2. The van der Waals surface area contributed by atoms with Gasteiger partial charge in [0.1, 0.15) is 0 Å². The van der Waals surface area contributed by atoms with Gasteiger partial charge in [-0.05, 0) is 18.8 Å². The number of amides is 4. The lowest BCUT2D eigenvalue weighted by Gasteiger charge is -2.36. The summed E-state index contributed by atoms with van der Waals surface area (Å²) in [6, 6.07) is 0.287. The molecule has 0 aromatic carbocycles. The molecule has 0 aromatic heterocycles. The zero-order valence-corrected chi connectivity index (χ0v) is 12.5. The molecule has 6 heteroatoms. The van der Waals surface area contributed by atoms with E-state index in [0.29, 0.717) is 38.1 Å². The van der Waals surface area contributed by atoms with Crippen LogP contribution in [0.15, 0.2) is 0 Å². The SMILES string of the molecule is CNC(=O)N1CCN(C(=O)NC2CCCC(C)C2)CC1. The number of hydrogen-bond acceptors (Lipinski definition) is 2. The molecule has 1 aliphatic heterocycles. The van der Waals surface area contributed by atoms with Gasteiger partial charge in [0, 0.05) is 39.3 Å². The minimum atomic E-state index is -0.0637. The van der Waals surface area contributed by atoms with Crippen molar-refractivity contribution in [3.63, 3.8) is 0 Å². The molecule has 1 aliphatic carbocycles. The van der Waals surface area contributed by atoms with Crippen LogP contribution in [0.4, 0.5) is 9.59 Å². The number of nitrogens with one attached hydrogen (secondary N) is 2. The largest absolute Gasteiger partial charge is 0.341 e. The van der Waals surface area contributed by atoms with Gasteiger partial charge in [0.2, 0.25) is 0 Å². The van der Waals surface area contributed by atoms with E-state index in [1.54, 1.807) is 11.9 Å². The molecule has 2 N–H and O–H groups in total. The maximum atomic E-state index is 12.2. The molecular formula is C14H26N4O2. The van der Waals surface area contributed by atoms with Crippen molar-refractivity contribution in [2.45, 2.75) is 38.6 Å². The van der Waals surface area contributed by atoms with Crippen molar-refractivity contribution in [2.24, 2.45) is 5.92 Å². The molecule has 2 fully saturated rings. The second-order valence-electron chi connectivity index (χ2n) is 5.95. The van der Waals surface area contributed by atoms with Gasteiger partial charge in [0.05, 0.1) is 0 Å². The highest BCUT2D eigenvalue weighted by molar-refractivity contribution is 5.76. The normalized spacial score (nSPS) is 27.1. The van der Waals surface area contributed by atoms with Gasteiger partial charge < -0.3 is 20.4 Å². The summed E-state index contributed by atoms with van der Waals surface area (Å²) in [5.74, 6) is 0.708. The van der Waals surface area contributed by atoms with Gasteiger partial charge in [0.15, 0.2) is 0 Å². The monoisotopic (exact) mass is 282 g/mol. The molecule has 0 radical (unpaired) electrons. The summed E-state index contributed by atoms with van der Waals surface area (Å²) in [7, 11) is 1.63. The van der Waals surface area contributed by atoms with E-state index in [4.69, 9.17) is 0 Å². The molecule has 0 spiro atoms. The van der Waals surface area contributed by atoms with Crippen LogP contribution >= 0.6 is 0 Å². The van der Waals surface area contributed by atoms with Gasteiger partial charge in [-0.25, -0.2) is 9.59 Å². The highest BCUT2D eigenvalue weighted by Crippen LogP contribution is 2.23. The van der Waals surface area contributed by atoms with Gasteiger partial charge in [-0.15, -0.1) is 0 Å². The smallest absolute Gasteiger partial charge is 0.317 e. The first kappa shape index (κ1) is 14.9. The zero-order valence-electron chi connectivity index (χ0n) is 12.5. The molecule has 2 rings (SSSR count). The molecule has 1 saturated carbocycles. The minimum Gasteiger partial charge on any atom is -0.341 e. The Morgan fingerprint density at radius 1 is 1.00 bits per heavy atom. The van der Waals surface area contributed by atoms with Gasteiger partial charge in [-0.1, -0.05) is 19.8 Å². The van der Waals surface area contributed by atoms with E-state index >= 15 is 0 Å². The van der Waals surface area contributed by atoms with Crippen molar-refractivity contribution < 1.29 is 9.59 Å². The van der Waals surface area contributed by atoms with Crippen molar-refractivity contribution in [2.75, 3.05) is 33.2 Å². The fraction of sp³-hybridized carbons (Fsp3) is 0.857. The Bertz CT molecular complexity index is 353. The number of rotatable bonds is 1. The Balaban J connectivity index is 1.75. The van der Waals surface area contributed by atoms with Crippen LogP contribution in [-0.2, 0) is 0 Å². The molecule has 0 bridgehead atoms.